The highest BCUT2D eigenvalue weighted by atomic mass is 16.1. The van der Waals surface area contributed by atoms with Crippen molar-refractivity contribution in [1.29, 1.82) is 0 Å². The van der Waals surface area contributed by atoms with Crippen LogP contribution in [-0.2, 0) is 11.2 Å². The molecule has 0 aromatic heterocycles. The van der Waals surface area contributed by atoms with Crippen molar-refractivity contribution in [3.05, 3.63) is 29.3 Å². The van der Waals surface area contributed by atoms with Gasteiger partial charge in [-0.1, -0.05) is 19.1 Å². The number of fused-ring (bicyclic) bond motifs is 1. The molecule has 0 spiro atoms. The molecule has 0 saturated carbocycles. The SMILES string of the molecule is CNC(C)c1ccc2c(c1)CCN2CC(C)C(N)=O. The van der Waals surface area contributed by atoms with Gasteiger partial charge in [-0.15, -0.1) is 0 Å². The summed E-state index contributed by atoms with van der Waals surface area (Å²) in [5, 5.41) is 3.26. The number of nitrogens with one attached hydrogen (secondary N) is 1. The molecule has 0 fully saturated rings. The van der Waals surface area contributed by atoms with Crippen LogP contribution in [0.25, 0.3) is 0 Å². The second-order valence-corrected chi connectivity index (χ2v) is 5.40. The van der Waals surface area contributed by atoms with Crippen molar-refractivity contribution in [3.63, 3.8) is 0 Å². The highest BCUT2D eigenvalue weighted by Crippen LogP contribution is 2.30. The Balaban J connectivity index is 2.15. The molecule has 0 bridgehead atoms. The normalized spacial score (nSPS) is 17.1. The Morgan fingerprint density at radius 2 is 2.21 bits per heavy atom. The van der Waals surface area contributed by atoms with Gasteiger partial charge in [-0.2, -0.15) is 0 Å². The van der Waals surface area contributed by atoms with Crippen LogP contribution in [0.1, 0.15) is 31.0 Å². The number of hydrogen-bond donors (Lipinski definition) is 2. The van der Waals surface area contributed by atoms with Crippen LogP contribution in [0, 0.1) is 5.92 Å². The van der Waals surface area contributed by atoms with Gasteiger partial charge in [-0.3, -0.25) is 4.79 Å². The summed E-state index contributed by atoms with van der Waals surface area (Å²) in [5.41, 5.74) is 9.27. The van der Waals surface area contributed by atoms with Crippen LogP contribution < -0.4 is 16.0 Å². The minimum Gasteiger partial charge on any atom is -0.370 e. The van der Waals surface area contributed by atoms with E-state index in [1.165, 1.54) is 16.8 Å². The molecule has 1 amide bonds. The van der Waals surface area contributed by atoms with Gasteiger partial charge >= 0.3 is 0 Å². The molecule has 1 heterocycles. The van der Waals surface area contributed by atoms with Gasteiger partial charge in [-0.25, -0.2) is 0 Å². The zero-order valence-electron chi connectivity index (χ0n) is 11.9. The predicted octanol–water partition coefficient (Wildman–Crippen LogP) is 1.45. The molecule has 0 saturated heterocycles. The maximum atomic E-state index is 11.2. The van der Waals surface area contributed by atoms with E-state index in [1.807, 2.05) is 14.0 Å². The van der Waals surface area contributed by atoms with E-state index in [9.17, 15) is 4.79 Å². The van der Waals surface area contributed by atoms with Crippen LogP contribution in [0.3, 0.4) is 0 Å². The number of hydrogen-bond acceptors (Lipinski definition) is 3. The lowest BCUT2D eigenvalue weighted by Crippen LogP contribution is -2.33. The first-order valence-corrected chi connectivity index (χ1v) is 6.87. The molecular weight excluding hydrogens is 238 g/mol. The van der Waals surface area contributed by atoms with Crippen molar-refractivity contribution in [2.24, 2.45) is 11.7 Å². The largest absolute Gasteiger partial charge is 0.370 e. The Labute approximate surface area is 115 Å². The van der Waals surface area contributed by atoms with Gasteiger partial charge in [0.15, 0.2) is 0 Å². The molecule has 2 rings (SSSR count). The van der Waals surface area contributed by atoms with E-state index in [0.717, 1.165) is 13.0 Å². The van der Waals surface area contributed by atoms with Crippen LogP contribution in [0.2, 0.25) is 0 Å². The average Bonchev–Trinajstić information content (AvgIpc) is 2.80. The Hall–Kier alpha value is -1.55. The zero-order valence-corrected chi connectivity index (χ0v) is 11.9. The number of rotatable bonds is 5. The average molecular weight is 261 g/mol. The minimum absolute atomic E-state index is 0.109. The number of nitrogens with zero attached hydrogens (tertiary/aromatic N) is 1. The van der Waals surface area contributed by atoms with E-state index < -0.39 is 0 Å². The fraction of sp³-hybridized carbons (Fsp3) is 0.533. The highest BCUT2D eigenvalue weighted by Gasteiger charge is 2.23. The highest BCUT2D eigenvalue weighted by molar-refractivity contribution is 5.77. The summed E-state index contributed by atoms with van der Waals surface area (Å²) in [5.74, 6) is -0.337. The summed E-state index contributed by atoms with van der Waals surface area (Å²) in [6.45, 7) is 5.73. The lowest BCUT2D eigenvalue weighted by molar-refractivity contribution is -0.121. The third kappa shape index (κ3) is 2.89. The quantitative estimate of drug-likeness (QED) is 0.843. The molecule has 1 aliphatic heterocycles. The van der Waals surface area contributed by atoms with E-state index in [-0.39, 0.29) is 11.8 Å². The first-order valence-electron chi connectivity index (χ1n) is 6.87. The van der Waals surface area contributed by atoms with Crippen LogP contribution in [0.5, 0.6) is 0 Å². The number of carbonyl (C=O) groups excluding carboxylic acids is 1. The van der Waals surface area contributed by atoms with Gasteiger partial charge in [0.2, 0.25) is 5.91 Å². The summed E-state index contributed by atoms with van der Waals surface area (Å²) < 4.78 is 0. The van der Waals surface area contributed by atoms with Crippen molar-refractivity contribution in [3.8, 4) is 0 Å². The summed E-state index contributed by atoms with van der Waals surface area (Å²) in [4.78, 5) is 13.4. The molecule has 1 aliphatic rings. The second-order valence-electron chi connectivity index (χ2n) is 5.40. The Morgan fingerprint density at radius 3 is 2.84 bits per heavy atom. The number of nitrogens with two attached hydrogens (primary N) is 1. The van der Waals surface area contributed by atoms with Crippen LogP contribution in [0.15, 0.2) is 18.2 Å². The van der Waals surface area contributed by atoms with Crippen LogP contribution in [0.4, 0.5) is 5.69 Å². The lowest BCUT2D eigenvalue weighted by atomic mass is 10.0. The predicted molar refractivity (Wildman–Crippen MR) is 78.2 cm³/mol. The van der Waals surface area contributed by atoms with Crippen molar-refractivity contribution in [2.45, 2.75) is 26.3 Å². The fourth-order valence-electron chi connectivity index (χ4n) is 2.54. The first kappa shape index (κ1) is 13.9. The molecule has 2 unspecified atom stereocenters. The first-order chi connectivity index (χ1) is 9.02. The van der Waals surface area contributed by atoms with E-state index in [2.05, 4.69) is 35.3 Å². The summed E-state index contributed by atoms with van der Waals surface area (Å²) in [6.07, 6.45) is 1.05. The molecule has 3 N–H and O–H groups in total. The van der Waals surface area contributed by atoms with E-state index in [0.29, 0.717) is 12.6 Å². The van der Waals surface area contributed by atoms with Gasteiger partial charge in [0.1, 0.15) is 0 Å². The van der Waals surface area contributed by atoms with Gasteiger partial charge in [0.05, 0.1) is 5.92 Å². The molecule has 2 atom stereocenters. The number of amides is 1. The fourth-order valence-corrected chi connectivity index (χ4v) is 2.54. The minimum atomic E-state index is -0.228. The zero-order chi connectivity index (χ0) is 14.0. The monoisotopic (exact) mass is 261 g/mol. The molecule has 4 nitrogen and oxygen atoms in total. The number of benzene rings is 1. The molecule has 19 heavy (non-hydrogen) atoms. The van der Waals surface area contributed by atoms with Gasteiger partial charge in [0, 0.05) is 24.8 Å². The second kappa shape index (κ2) is 5.61. The van der Waals surface area contributed by atoms with Crippen molar-refractivity contribution in [2.75, 3.05) is 25.0 Å². The van der Waals surface area contributed by atoms with Crippen LogP contribution >= 0.6 is 0 Å². The Morgan fingerprint density at radius 1 is 1.47 bits per heavy atom. The summed E-state index contributed by atoms with van der Waals surface area (Å²) >= 11 is 0. The summed E-state index contributed by atoms with van der Waals surface area (Å²) in [7, 11) is 1.97. The smallest absolute Gasteiger partial charge is 0.222 e. The number of carbonyl (C=O) groups is 1. The Bertz CT molecular complexity index is 472. The summed E-state index contributed by atoms with van der Waals surface area (Å²) in [6, 6.07) is 6.96. The molecular formula is C15H23N3O. The molecule has 104 valence electrons. The maximum absolute atomic E-state index is 11.2. The maximum Gasteiger partial charge on any atom is 0.222 e. The molecule has 1 aromatic rings. The molecule has 0 radical (unpaired) electrons. The number of primary amides is 1. The topological polar surface area (TPSA) is 58.4 Å². The molecule has 4 heteroatoms. The van der Waals surface area contributed by atoms with E-state index >= 15 is 0 Å². The van der Waals surface area contributed by atoms with E-state index in [1.54, 1.807) is 0 Å². The van der Waals surface area contributed by atoms with Gasteiger partial charge in [0.25, 0.3) is 0 Å². The van der Waals surface area contributed by atoms with Gasteiger partial charge in [-0.05, 0) is 37.6 Å². The van der Waals surface area contributed by atoms with Gasteiger partial charge < -0.3 is 16.0 Å². The van der Waals surface area contributed by atoms with Crippen LogP contribution in [-0.4, -0.2) is 26.0 Å². The number of anilines is 1. The third-order valence-electron chi connectivity index (χ3n) is 4.01. The van der Waals surface area contributed by atoms with Crippen molar-refractivity contribution < 1.29 is 4.79 Å². The van der Waals surface area contributed by atoms with Crippen molar-refractivity contribution in [1.82, 2.24) is 5.32 Å². The Kier molecular flexibility index (Phi) is 4.10. The van der Waals surface area contributed by atoms with E-state index in [4.69, 9.17) is 5.73 Å². The standard InChI is InChI=1S/C15H23N3O/c1-10(15(16)19)9-18-7-6-13-8-12(11(2)17-3)4-5-14(13)18/h4-5,8,10-11,17H,6-7,9H2,1-3H3,(H2,16,19). The third-order valence-corrected chi connectivity index (χ3v) is 4.01. The lowest BCUT2D eigenvalue weighted by Gasteiger charge is -2.22. The molecule has 1 aromatic carbocycles. The van der Waals surface area contributed by atoms with Crippen molar-refractivity contribution >= 4 is 11.6 Å². The molecule has 0 aliphatic carbocycles.